The number of carbonyl (C=O) groups is 1. The van der Waals surface area contributed by atoms with E-state index in [1.165, 1.54) is 12.1 Å². The molecular weight excluding hydrogens is 476 g/mol. The molecule has 32 heavy (non-hydrogen) atoms. The molecule has 10 heteroatoms. The van der Waals surface area contributed by atoms with Crippen LogP contribution in [0.3, 0.4) is 0 Å². The number of rotatable bonds is 5. The van der Waals surface area contributed by atoms with Crippen LogP contribution in [0.15, 0.2) is 42.5 Å². The second-order valence-corrected chi connectivity index (χ2v) is 8.44. The van der Waals surface area contributed by atoms with Crippen molar-refractivity contribution in [1.82, 2.24) is 20.0 Å². The van der Waals surface area contributed by atoms with Crippen LogP contribution in [0.2, 0.25) is 15.1 Å². The van der Waals surface area contributed by atoms with Crippen LogP contribution in [-0.2, 0) is 6.54 Å². The molecule has 6 nitrogen and oxygen atoms in total. The number of aromatic nitrogens is 4. The van der Waals surface area contributed by atoms with Crippen LogP contribution in [0.4, 0.5) is 10.1 Å². The SMILES string of the molecule is Cc1nn(Cc2ccc(F)cc2Cl)c(C)c1NC(=O)c1cc(-c2ccc(Cl)cc2Cl)n[nH]1. The van der Waals surface area contributed by atoms with Crippen molar-refractivity contribution in [3.63, 3.8) is 0 Å². The van der Waals surface area contributed by atoms with E-state index < -0.39 is 5.82 Å². The number of benzene rings is 2. The molecule has 0 atom stereocenters. The number of nitrogens with zero attached hydrogens (tertiary/aromatic N) is 3. The number of H-pyrrole nitrogens is 1. The Morgan fingerprint density at radius 3 is 2.59 bits per heavy atom. The highest BCUT2D eigenvalue weighted by Crippen LogP contribution is 2.30. The molecule has 0 fully saturated rings. The van der Waals surface area contributed by atoms with Gasteiger partial charge < -0.3 is 5.32 Å². The summed E-state index contributed by atoms with van der Waals surface area (Å²) in [6, 6.07) is 10.9. The van der Waals surface area contributed by atoms with Gasteiger partial charge in [-0.25, -0.2) is 4.39 Å². The summed E-state index contributed by atoms with van der Waals surface area (Å²) < 4.78 is 15.0. The van der Waals surface area contributed by atoms with Crippen LogP contribution in [-0.4, -0.2) is 25.9 Å². The van der Waals surface area contributed by atoms with Gasteiger partial charge in [0, 0.05) is 15.6 Å². The lowest BCUT2D eigenvalue weighted by Gasteiger charge is -2.08. The number of hydrogen-bond donors (Lipinski definition) is 2. The zero-order valence-corrected chi connectivity index (χ0v) is 19.3. The van der Waals surface area contributed by atoms with E-state index in [1.807, 2.05) is 6.92 Å². The molecule has 0 spiro atoms. The van der Waals surface area contributed by atoms with Gasteiger partial charge in [-0.2, -0.15) is 10.2 Å². The quantitative estimate of drug-likeness (QED) is 0.344. The zero-order chi connectivity index (χ0) is 23.0. The van der Waals surface area contributed by atoms with E-state index >= 15 is 0 Å². The second kappa shape index (κ2) is 8.94. The Morgan fingerprint density at radius 1 is 1.09 bits per heavy atom. The Kier molecular flexibility index (Phi) is 6.24. The molecule has 0 bridgehead atoms. The van der Waals surface area contributed by atoms with E-state index in [9.17, 15) is 9.18 Å². The van der Waals surface area contributed by atoms with Crippen molar-refractivity contribution in [2.24, 2.45) is 0 Å². The van der Waals surface area contributed by atoms with Gasteiger partial charge in [0.2, 0.25) is 0 Å². The molecule has 0 radical (unpaired) electrons. The molecule has 2 heterocycles. The Morgan fingerprint density at radius 2 is 1.88 bits per heavy atom. The van der Waals surface area contributed by atoms with Gasteiger partial charge in [0.15, 0.2) is 0 Å². The van der Waals surface area contributed by atoms with Crippen molar-refractivity contribution in [2.75, 3.05) is 5.32 Å². The van der Waals surface area contributed by atoms with Gasteiger partial charge >= 0.3 is 0 Å². The molecule has 0 saturated heterocycles. The first-order valence-corrected chi connectivity index (χ1v) is 10.7. The molecule has 2 N–H and O–H groups in total. The molecule has 4 rings (SSSR count). The van der Waals surface area contributed by atoms with Crippen LogP contribution in [0.5, 0.6) is 0 Å². The second-order valence-electron chi connectivity index (χ2n) is 7.18. The van der Waals surface area contributed by atoms with Gasteiger partial charge in [0.25, 0.3) is 5.91 Å². The number of amides is 1. The average Bonchev–Trinajstić information content (AvgIpc) is 3.31. The molecule has 2 aromatic carbocycles. The normalized spacial score (nSPS) is 11.1. The van der Waals surface area contributed by atoms with E-state index in [4.69, 9.17) is 34.8 Å². The summed E-state index contributed by atoms with van der Waals surface area (Å²) in [6.07, 6.45) is 0. The predicted octanol–water partition coefficient (Wildman–Crippen LogP) is 6.29. The van der Waals surface area contributed by atoms with Gasteiger partial charge in [0.1, 0.15) is 11.5 Å². The minimum absolute atomic E-state index is 0.263. The molecular formula is C22H17Cl3FN5O. The molecule has 0 aliphatic rings. The molecule has 164 valence electrons. The highest BCUT2D eigenvalue weighted by molar-refractivity contribution is 6.36. The van der Waals surface area contributed by atoms with Crippen LogP contribution >= 0.6 is 34.8 Å². The first kappa shape index (κ1) is 22.3. The molecule has 0 unspecified atom stereocenters. The summed E-state index contributed by atoms with van der Waals surface area (Å²) in [6.45, 7) is 3.96. The Bertz CT molecular complexity index is 1330. The van der Waals surface area contributed by atoms with E-state index in [1.54, 1.807) is 41.9 Å². The fourth-order valence-corrected chi connectivity index (χ4v) is 4.03. The minimum atomic E-state index is -0.404. The summed E-state index contributed by atoms with van der Waals surface area (Å²) in [5, 5.41) is 15.5. The van der Waals surface area contributed by atoms with Gasteiger partial charge in [-0.05, 0) is 55.8 Å². The van der Waals surface area contributed by atoms with Crippen molar-refractivity contribution in [1.29, 1.82) is 0 Å². The third-order valence-corrected chi connectivity index (χ3v) is 5.88. The summed E-state index contributed by atoms with van der Waals surface area (Å²) in [5.41, 5.74) is 4.10. The number of hydrogen-bond acceptors (Lipinski definition) is 3. The Labute approximate surface area is 198 Å². The van der Waals surface area contributed by atoms with Crippen molar-refractivity contribution in [3.05, 3.63) is 86.0 Å². The van der Waals surface area contributed by atoms with Crippen molar-refractivity contribution in [2.45, 2.75) is 20.4 Å². The van der Waals surface area contributed by atoms with Crippen LogP contribution in [0.1, 0.15) is 27.4 Å². The van der Waals surface area contributed by atoms with Gasteiger partial charge in [-0.15, -0.1) is 0 Å². The first-order chi connectivity index (χ1) is 15.2. The Hall–Kier alpha value is -2.87. The zero-order valence-electron chi connectivity index (χ0n) is 17.0. The largest absolute Gasteiger partial charge is 0.318 e. The number of aromatic amines is 1. The summed E-state index contributed by atoms with van der Waals surface area (Å²) in [7, 11) is 0. The van der Waals surface area contributed by atoms with E-state index in [0.717, 1.165) is 11.3 Å². The monoisotopic (exact) mass is 491 g/mol. The summed E-state index contributed by atoms with van der Waals surface area (Å²) in [4.78, 5) is 12.8. The van der Waals surface area contributed by atoms with Crippen LogP contribution < -0.4 is 5.32 Å². The van der Waals surface area contributed by atoms with Crippen molar-refractivity contribution < 1.29 is 9.18 Å². The lowest BCUT2D eigenvalue weighted by molar-refractivity contribution is 0.102. The molecule has 0 aliphatic carbocycles. The van der Waals surface area contributed by atoms with Crippen LogP contribution in [0.25, 0.3) is 11.3 Å². The maximum Gasteiger partial charge on any atom is 0.273 e. The maximum atomic E-state index is 13.3. The van der Waals surface area contributed by atoms with Crippen molar-refractivity contribution in [3.8, 4) is 11.3 Å². The van der Waals surface area contributed by atoms with Gasteiger partial charge in [-0.3, -0.25) is 14.6 Å². The number of carbonyl (C=O) groups excluding carboxylic acids is 1. The average molecular weight is 493 g/mol. The first-order valence-electron chi connectivity index (χ1n) is 9.53. The summed E-state index contributed by atoms with van der Waals surface area (Å²) in [5.74, 6) is -0.779. The lowest BCUT2D eigenvalue weighted by atomic mass is 10.1. The minimum Gasteiger partial charge on any atom is -0.318 e. The highest BCUT2D eigenvalue weighted by Gasteiger charge is 2.18. The lowest BCUT2D eigenvalue weighted by Crippen LogP contribution is -2.14. The topological polar surface area (TPSA) is 75.6 Å². The molecule has 2 aromatic heterocycles. The van der Waals surface area contributed by atoms with E-state index in [0.29, 0.717) is 44.3 Å². The fourth-order valence-electron chi connectivity index (χ4n) is 3.30. The third kappa shape index (κ3) is 4.50. The smallest absolute Gasteiger partial charge is 0.273 e. The van der Waals surface area contributed by atoms with E-state index in [-0.39, 0.29) is 11.6 Å². The van der Waals surface area contributed by atoms with Crippen molar-refractivity contribution >= 4 is 46.4 Å². The summed E-state index contributed by atoms with van der Waals surface area (Å²) >= 11 is 18.3. The van der Waals surface area contributed by atoms with Gasteiger partial charge in [-0.1, -0.05) is 40.9 Å². The van der Waals surface area contributed by atoms with E-state index in [2.05, 4.69) is 20.6 Å². The maximum absolute atomic E-state index is 13.3. The highest BCUT2D eigenvalue weighted by atomic mass is 35.5. The van der Waals surface area contributed by atoms with Gasteiger partial charge in [0.05, 0.1) is 34.3 Å². The molecule has 0 saturated carbocycles. The molecule has 4 aromatic rings. The number of anilines is 1. The third-order valence-electron chi connectivity index (χ3n) is 4.98. The Balaban J connectivity index is 1.54. The number of nitrogens with one attached hydrogen (secondary N) is 2. The predicted molar refractivity (Wildman–Crippen MR) is 124 cm³/mol. The van der Waals surface area contributed by atoms with Crippen LogP contribution in [0, 0.1) is 19.7 Å². The fraction of sp³-hybridized carbons (Fsp3) is 0.136. The molecule has 1 amide bonds. The molecule has 0 aliphatic heterocycles. The standard InChI is InChI=1S/C22H17Cl3FN5O/c1-11-21(12(2)31(30-11)10-13-3-5-15(26)8-17(13)24)27-22(32)20-9-19(28-29-20)16-6-4-14(23)7-18(16)25/h3-9H,10H2,1-2H3,(H,27,32)(H,28,29). The number of halogens is 4. The number of aryl methyl sites for hydroxylation is 1.